The van der Waals surface area contributed by atoms with Crippen LogP contribution in [0.4, 0.5) is 9.59 Å². The van der Waals surface area contributed by atoms with Gasteiger partial charge in [0.15, 0.2) is 5.96 Å². The lowest BCUT2D eigenvalue weighted by Crippen LogP contribution is -2.51. The van der Waals surface area contributed by atoms with Crippen molar-refractivity contribution in [3.63, 3.8) is 0 Å². The lowest BCUT2D eigenvalue weighted by atomic mass is 9.47. The summed E-state index contributed by atoms with van der Waals surface area (Å²) in [7, 11) is 0. The molecule has 9 N–H and O–H groups in total. The SMILES string of the molecule is CC(C)CCCC(C)C1CCC2C3CC=C4CC(OC(=O)NCCCN(CCCCC(=N)N)CCCCN(CCCN=C(N)N)CCCNC(=O)OC5CCC6(C)C(=CCC7C6CCC6(C)C(C(C)CCCC(C)C)CCC76)C5)CCC4(C)C3CCC12C. The van der Waals surface area contributed by atoms with Crippen LogP contribution in [-0.4, -0.2) is 105 Å². The van der Waals surface area contributed by atoms with E-state index >= 15 is 0 Å². The quantitative estimate of drug-likeness (QED) is 0.0157. The summed E-state index contributed by atoms with van der Waals surface area (Å²) in [6, 6.07) is 0. The number of nitrogens with zero attached hydrogens (tertiary/aromatic N) is 3. The lowest BCUT2D eigenvalue weighted by molar-refractivity contribution is -0.0581. The third-order valence-corrected chi connectivity index (χ3v) is 26.2. The first-order chi connectivity index (χ1) is 42.0. The van der Waals surface area contributed by atoms with Crippen LogP contribution in [0.3, 0.4) is 0 Å². The highest BCUT2D eigenvalue weighted by Crippen LogP contribution is 2.69. The minimum atomic E-state index is -0.279. The van der Waals surface area contributed by atoms with Gasteiger partial charge in [-0.05, 0) is 267 Å². The minimum absolute atomic E-state index is 0.0528. The fourth-order valence-corrected chi connectivity index (χ4v) is 21.4. The Labute approximate surface area is 537 Å². The van der Waals surface area contributed by atoms with Crippen LogP contribution < -0.4 is 27.8 Å². The molecule has 6 fully saturated rings. The molecule has 8 aliphatic rings. The summed E-state index contributed by atoms with van der Waals surface area (Å²) in [5.74, 6) is 10.2. The molecule has 0 bridgehead atoms. The molecule has 88 heavy (non-hydrogen) atoms. The van der Waals surface area contributed by atoms with Crippen LogP contribution in [-0.2, 0) is 9.47 Å². The Hall–Kier alpha value is -3.32. The summed E-state index contributed by atoms with van der Waals surface area (Å²) >= 11 is 0. The van der Waals surface area contributed by atoms with Gasteiger partial charge < -0.3 is 47.1 Å². The van der Waals surface area contributed by atoms with Crippen molar-refractivity contribution in [2.75, 3.05) is 58.9 Å². The normalized spacial score (nSPS) is 33.9. The number of amidine groups is 1. The number of nitrogens with two attached hydrogens (primary N) is 3. The van der Waals surface area contributed by atoms with Crippen LogP contribution in [0.5, 0.6) is 0 Å². The van der Waals surface area contributed by atoms with Gasteiger partial charge in [-0.2, -0.15) is 0 Å². The van der Waals surface area contributed by atoms with E-state index in [4.69, 9.17) is 32.1 Å². The molecule has 16 atom stereocenters. The number of aliphatic imine (C=N–C) groups is 1. The van der Waals surface area contributed by atoms with E-state index in [1.807, 2.05) is 0 Å². The van der Waals surface area contributed by atoms with Crippen LogP contribution in [0.25, 0.3) is 0 Å². The van der Waals surface area contributed by atoms with Crippen molar-refractivity contribution in [1.82, 2.24) is 20.4 Å². The van der Waals surface area contributed by atoms with Gasteiger partial charge in [-0.1, -0.05) is 131 Å². The van der Waals surface area contributed by atoms with E-state index in [0.717, 1.165) is 194 Å². The molecule has 8 aliphatic carbocycles. The van der Waals surface area contributed by atoms with E-state index in [9.17, 15) is 9.59 Å². The molecule has 0 heterocycles. The number of nitrogens with one attached hydrogen (secondary N) is 3. The number of alkyl carbamates (subject to hydrolysis) is 2. The van der Waals surface area contributed by atoms with Crippen LogP contribution in [0, 0.1) is 98.1 Å². The van der Waals surface area contributed by atoms with Crippen molar-refractivity contribution in [3.8, 4) is 0 Å². The Balaban J connectivity index is 0.735. The Morgan fingerprint density at radius 3 is 1.39 bits per heavy atom. The van der Waals surface area contributed by atoms with Crippen LogP contribution >= 0.6 is 0 Å². The summed E-state index contributed by atoms with van der Waals surface area (Å²) < 4.78 is 12.4. The molecule has 16 unspecified atom stereocenters. The Morgan fingerprint density at radius 1 is 0.545 bits per heavy atom. The number of unbranched alkanes of at least 4 members (excludes halogenated alkanes) is 2. The van der Waals surface area contributed by atoms with Crippen molar-refractivity contribution in [2.45, 2.75) is 274 Å². The van der Waals surface area contributed by atoms with Gasteiger partial charge in [0, 0.05) is 38.9 Å². The largest absolute Gasteiger partial charge is 0.446 e. The second-order valence-corrected chi connectivity index (χ2v) is 32.7. The molecular formula is C75H133N9O4. The van der Waals surface area contributed by atoms with Crippen molar-refractivity contribution < 1.29 is 19.1 Å². The molecule has 502 valence electrons. The number of carbonyl (C=O) groups excluding carboxylic acids is 2. The van der Waals surface area contributed by atoms with Gasteiger partial charge in [0.2, 0.25) is 0 Å². The van der Waals surface area contributed by atoms with Crippen LogP contribution in [0.1, 0.15) is 262 Å². The molecule has 0 radical (unpaired) electrons. The number of rotatable bonds is 34. The fourth-order valence-electron chi connectivity index (χ4n) is 21.4. The molecule has 6 saturated carbocycles. The van der Waals surface area contributed by atoms with Gasteiger partial charge in [0.1, 0.15) is 12.2 Å². The molecule has 13 nitrogen and oxygen atoms in total. The second-order valence-electron chi connectivity index (χ2n) is 32.7. The first kappa shape index (κ1) is 70.5. The van der Waals surface area contributed by atoms with E-state index in [2.05, 4.69) is 107 Å². The maximum absolute atomic E-state index is 13.4. The molecule has 13 heteroatoms. The number of allylic oxidation sites excluding steroid dienone is 2. The molecular weight excluding hydrogens is 1090 g/mol. The molecule has 0 aromatic heterocycles. The van der Waals surface area contributed by atoms with E-state index in [1.165, 1.54) is 103 Å². The summed E-state index contributed by atoms with van der Waals surface area (Å²) in [5, 5.41) is 14.0. The summed E-state index contributed by atoms with van der Waals surface area (Å²) in [6.45, 7) is 32.4. The van der Waals surface area contributed by atoms with E-state index in [0.29, 0.717) is 36.9 Å². The molecule has 8 rings (SSSR count). The highest BCUT2D eigenvalue weighted by Gasteiger charge is 2.61. The Kier molecular flexibility index (Phi) is 26.0. The first-order valence-electron chi connectivity index (χ1n) is 37.1. The third kappa shape index (κ3) is 17.9. The molecule has 0 aromatic carbocycles. The molecule has 0 aliphatic heterocycles. The summed E-state index contributed by atoms with van der Waals surface area (Å²) in [5.41, 5.74) is 21.7. The van der Waals surface area contributed by atoms with Gasteiger partial charge in [0.05, 0.1) is 5.84 Å². The minimum Gasteiger partial charge on any atom is -0.446 e. The van der Waals surface area contributed by atoms with Gasteiger partial charge in [0.25, 0.3) is 0 Å². The Bertz CT molecular complexity index is 2320. The zero-order valence-corrected chi connectivity index (χ0v) is 58.0. The second kappa shape index (κ2) is 32.5. The average Bonchev–Trinajstić information content (AvgIpc) is 1.52. The number of hydrogen-bond acceptors (Lipinski definition) is 8. The zero-order valence-electron chi connectivity index (χ0n) is 58.0. The standard InChI is InChI=1S/C75H133N9O4/c1-52(2)20-15-22-54(5)62-29-31-64-60-27-25-56-50-58(33-37-72(56,7)66(60)35-39-74(62,64)9)87-70(85)81-42-18-48-83(44-12-11-24-68(76)77)45-13-14-46-84(47-17-41-80-69(78)79)49-19-43-82-71(86)88-59-34-38-73(8)57(51-59)26-28-61-65-32-30-63(55(6)23-16-21-53(3)4)75(65,10)40-36-67(61)73/h25-26,52-55,58-67H,11-24,27-51H2,1-10H3,(H3,76,77)(H,81,85)(H,82,86)(H4,78,79,80). The van der Waals surface area contributed by atoms with Crippen LogP contribution in [0.2, 0.25) is 0 Å². The monoisotopic (exact) mass is 1220 g/mol. The molecule has 2 amide bonds. The number of carbonyl (C=O) groups is 2. The highest BCUT2D eigenvalue weighted by atomic mass is 16.6. The van der Waals surface area contributed by atoms with Crippen molar-refractivity contribution in [2.24, 2.45) is 115 Å². The summed E-state index contributed by atoms with van der Waals surface area (Å²) in [4.78, 5) is 36.0. The van der Waals surface area contributed by atoms with Gasteiger partial charge in [-0.15, -0.1) is 0 Å². The third-order valence-electron chi connectivity index (χ3n) is 26.2. The topological polar surface area (TPSA) is 197 Å². The van der Waals surface area contributed by atoms with E-state index in [1.54, 1.807) is 11.1 Å². The fraction of sp³-hybridized carbons (Fsp3) is 0.893. The predicted octanol–water partition coefficient (Wildman–Crippen LogP) is 16.2. The van der Waals surface area contributed by atoms with E-state index < -0.39 is 0 Å². The number of hydrogen-bond donors (Lipinski definition) is 6. The summed E-state index contributed by atoms with van der Waals surface area (Å²) in [6.07, 6.45) is 39.5. The highest BCUT2D eigenvalue weighted by molar-refractivity contribution is 5.76. The maximum Gasteiger partial charge on any atom is 0.407 e. The number of fused-ring (bicyclic) bond motifs is 10. The average molecular weight is 1220 g/mol. The number of amides is 2. The van der Waals surface area contributed by atoms with Crippen molar-refractivity contribution in [1.29, 1.82) is 5.41 Å². The maximum atomic E-state index is 13.4. The number of guanidine groups is 1. The van der Waals surface area contributed by atoms with Crippen molar-refractivity contribution in [3.05, 3.63) is 23.3 Å². The smallest absolute Gasteiger partial charge is 0.407 e. The van der Waals surface area contributed by atoms with Gasteiger partial charge >= 0.3 is 12.2 Å². The van der Waals surface area contributed by atoms with Crippen LogP contribution in [0.15, 0.2) is 28.3 Å². The zero-order chi connectivity index (χ0) is 63.2. The van der Waals surface area contributed by atoms with Gasteiger partial charge in [-0.25, -0.2) is 9.59 Å². The lowest BCUT2D eigenvalue weighted by Gasteiger charge is -2.58. The van der Waals surface area contributed by atoms with E-state index in [-0.39, 0.29) is 47.0 Å². The predicted molar refractivity (Wildman–Crippen MR) is 365 cm³/mol. The number of ether oxygens (including phenoxy) is 2. The van der Waals surface area contributed by atoms with Gasteiger partial charge in [-0.3, -0.25) is 10.4 Å². The molecule has 0 aromatic rings. The Morgan fingerprint density at radius 2 is 0.966 bits per heavy atom. The first-order valence-corrected chi connectivity index (χ1v) is 37.1. The molecule has 0 saturated heterocycles. The molecule has 0 spiro atoms. The van der Waals surface area contributed by atoms with Crippen molar-refractivity contribution >= 4 is 24.0 Å².